The Kier molecular flexibility index (Phi) is 3.10. The fourth-order valence-corrected chi connectivity index (χ4v) is 2.98. The van der Waals surface area contributed by atoms with Crippen LogP contribution in [0.3, 0.4) is 0 Å². The van der Waals surface area contributed by atoms with Crippen LogP contribution in [0.2, 0.25) is 0 Å². The van der Waals surface area contributed by atoms with Gasteiger partial charge in [0.25, 0.3) is 0 Å². The van der Waals surface area contributed by atoms with Crippen LogP contribution in [0, 0.1) is 6.92 Å². The summed E-state index contributed by atoms with van der Waals surface area (Å²) in [5.74, 6) is 0. The maximum absolute atomic E-state index is 11.4. The Labute approximate surface area is 117 Å². The van der Waals surface area contributed by atoms with Crippen molar-refractivity contribution in [3.05, 3.63) is 24.0 Å². The number of carbonyl (C=O) groups is 1. The van der Waals surface area contributed by atoms with Crippen molar-refractivity contribution in [3.63, 3.8) is 0 Å². The van der Waals surface area contributed by atoms with E-state index in [0.717, 1.165) is 42.6 Å². The third kappa shape index (κ3) is 2.02. The molecule has 1 aliphatic rings. The second-order valence-corrected chi connectivity index (χ2v) is 5.40. The van der Waals surface area contributed by atoms with E-state index in [4.69, 9.17) is 11.5 Å². The topological polar surface area (TPSA) is 90.2 Å². The molecule has 1 amide bonds. The van der Waals surface area contributed by atoms with E-state index in [-0.39, 0.29) is 6.04 Å². The van der Waals surface area contributed by atoms with E-state index in [1.807, 2.05) is 13.0 Å². The smallest absolute Gasteiger partial charge is 0.324 e. The van der Waals surface area contributed by atoms with Gasteiger partial charge < -0.3 is 16.4 Å². The highest BCUT2D eigenvalue weighted by Gasteiger charge is 2.22. The summed E-state index contributed by atoms with van der Waals surface area (Å²) in [6, 6.07) is 1.58. The van der Waals surface area contributed by atoms with Gasteiger partial charge in [-0.3, -0.25) is 4.57 Å². The Balaban J connectivity index is 2.14. The van der Waals surface area contributed by atoms with Gasteiger partial charge in [0.2, 0.25) is 0 Å². The third-order valence-corrected chi connectivity index (χ3v) is 3.88. The first-order valence-corrected chi connectivity index (χ1v) is 6.85. The lowest BCUT2D eigenvalue weighted by Crippen LogP contribution is -2.43. The average molecular weight is 273 g/mol. The highest BCUT2D eigenvalue weighted by atomic mass is 16.2. The molecule has 3 heterocycles. The molecule has 1 saturated heterocycles. The Morgan fingerprint density at radius 2 is 2.30 bits per heavy atom. The molecule has 4 N–H and O–H groups in total. The number of anilines is 1. The number of aryl methyl sites for hydroxylation is 1. The number of pyridine rings is 1. The molecule has 0 spiro atoms. The molecule has 0 aliphatic carbocycles. The van der Waals surface area contributed by atoms with E-state index in [0.29, 0.717) is 5.65 Å². The fraction of sp³-hybridized carbons (Fsp3) is 0.429. The number of fused-ring (bicyclic) bond motifs is 1. The first-order valence-electron chi connectivity index (χ1n) is 6.85. The quantitative estimate of drug-likeness (QED) is 0.817. The van der Waals surface area contributed by atoms with Crippen LogP contribution < -0.4 is 16.4 Å². The molecule has 2 aromatic rings. The van der Waals surface area contributed by atoms with Gasteiger partial charge in [-0.15, -0.1) is 0 Å². The lowest BCUT2D eigenvalue weighted by atomic mass is 10.0. The number of nitrogens with zero attached hydrogens (tertiary/aromatic N) is 3. The number of rotatable bonds is 1. The molecule has 0 aromatic carbocycles. The molecular weight excluding hydrogens is 254 g/mol. The Morgan fingerprint density at radius 1 is 1.50 bits per heavy atom. The van der Waals surface area contributed by atoms with Gasteiger partial charge in [0.1, 0.15) is 5.65 Å². The fourth-order valence-electron chi connectivity index (χ4n) is 2.98. The van der Waals surface area contributed by atoms with Crippen molar-refractivity contribution < 1.29 is 4.79 Å². The zero-order chi connectivity index (χ0) is 14.3. The summed E-state index contributed by atoms with van der Waals surface area (Å²) in [7, 11) is 0. The molecule has 106 valence electrons. The van der Waals surface area contributed by atoms with Crippen molar-refractivity contribution in [3.8, 4) is 0 Å². The minimum Gasteiger partial charge on any atom is -0.369 e. The summed E-state index contributed by atoms with van der Waals surface area (Å²) in [6.45, 7) is 3.85. The Morgan fingerprint density at radius 3 is 3.00 bits per heavy atom. The van der Waals surface area contributed by atoms with E-state index < -0.39 is 6.03 Å². The highest BCUT2D eigenvalue weighted by molar-refractivity contribution is 5.97. The average Bonchev–Trinajstić information content (AvgIpc) is 2.82. The van der Waals surface area contributed by atoms with E-state index in [2.05, 4.69) is 9.88 Å². The van der Waals surface area contributed by atoms with Crippen molar-refractivity contribution in [1.29, 1.82) is 0 Å². The molecule has 1 aliphatic heterocycles. The Bertz CT molecular complexity index is 663. The number of hydrogen-bond acceptors (Lipinski definition) is 4. The molecule has 0 radical (unpaired) electrons. The second kappa shape index (κ2) is 4.79. The summed E-state index contributed by atoms with van der Waals surface area (Å²) in [4.78, 5) is 18.0. The monoisotopic (exact) mass is 273 g/mol. The van der Waals surface area contributed by atoms with Gasteiger partial charge in [0, 0.05) is 36.9 Å². The number of hydrogen-bond donors (Lipinski definition) is 2. The predicted octanol–water partition coefficient (Wildman–Crippen LogP) is 1.20. The van der Waals surface area contributed by atoms with Gasteiger partial charge in [-0.2, -0.15) is 0 Å². The molecule has 6 heteroatoms. The summed E-state index contributed by atoms with van der Waals surface area (Å²) < 4.78 is 1.38. The van der Waals surface area contributed by atoms with E-state index in [1.54, 1.807) is 12.4 Å². The van der Waals surface area contributed by atoms with Crippen molar-refractivity contribution >= 4 is 22.8 Å². The van der Waals surface area contributed by atoms with Crippen LogP contribution in [0.4, 0.5) is 10.5 Å². The van der Waals surface area contributed by atoms with Gasteiger partial charge in [-0.1, -0.05) is 0 Å². The summed E-state index contributed by atoms with van der Waals surface area (Å²) in [5, 5.41) is 0.956. The van der Waals surface area contributed by atoms with Crippen LogP contribution >= 0.6 is 0 Å². The molecule has 20 heavy (non-hydrogen) atoms. The molecule has 2 aromatic heterocycles. The molecule has 1 atom stereocenters. The molecule has 6 nitrogen and oxygen atoms in total. The number of nitrogens with two attached hydrogens (primary N) is 2. The van der Waals surface area contributed by atoms with Crippen molar-refractivity contribution in [2.24, 2.45) is 11.5 Å². The first-order chi connectivity index (χ1) is 9.58. The van der Waals surface area contributed by atoms with Crippen LogP contribution in [0.25, 0.3) is 11.0 Å². The van der Waals surface area contributed by atoms with Gasteiger partial charge in [0.15, 0.2) is 0 Å². The van der Waals surface area contributed by atoms with Crippen LogP contribution in [-0.2, 0) is 0 Å². The minimum absolute atomic E-state index is 0.199. The molecular formula is C14H19N5O. The lowest BCUT2D eigenvalue weighted by molar-refractivity contribution is 0.251. The zero-order valence-electron chi connectivity index (χ0n) is 11.5. The number of primary amides is 1. The highest BCUT2D eigenvalue weighted by Crippen LogP contribution is 2.31. The largest absolute Gasteiger partial charge is 0.369 e. The molecule has 0 unspecified atom stereocenters. The summed E-state index contributed by atoms with van der Waals surface area (Å²) >= 11 is 0. The van der Waals surface area contributed by atoms with Gasteiger partial charge in [0.05, 0.1) is 5.69 Å². The molecule has 3 rings (SSSR count). The van der Waals surface area contributed by atoms with Crippen LogP contribution in [0.1, 0.15) is 18.4 Å². The molecule has 1 fully saturated rings. The van der Waals surface area contributed by atoms with Crippen LogP contribution in [0.5, 0.6) is 0 Å². The maximum Gasteiger partial charge on any atom is 0.324 e. The van der Waals surface area contributed by atoms with Crippen LogP contribution in [-0.4, -0.2) is 34.7 Å². The second-order valence-electron chi connectivity index (χ2n) is 5.40. The number of amides is 1. The zero-order valence-corrected chi connectivity index (χ0v) is 11.5. The predicted molar refractivity (Wildman–Crippen MR) is 78.9 cm³/mol. The third-order valence-electron chi connectivity index (χ3n) is 3.88. The summed E-state index contributed by atoms with van der Waals surface area (Å²) in [6.07, 6.45) is 5.61. The normalized spacial score (nSPS) is 19.5. The van der Waals surface area contributed by atoms with Gasteiger partial charge in [-0.25, -0.2) is 9.78 Å². The standard InChI is InChI=1S/C14H19N5O/c1-9-7-17-13-11(4-6-19(13)14(16)20)12(9)18-5-2-3-10(15)8-18/h4,6-7,10H,2-3,5,8,15H2,1H3,(H2,16,20)/t10-/m1/s1. The van der Waals surface area contributed by atoms with Crippen molar-refractivity contribution in [2.75, 3.05) is 18.0 Å². The lowest BCUT2D eigenvalue weighted by Gasteiger charge is -2.34. The number of carbonyl (C=O) groups excluding carboxylic acids is 1. The summed E-state index contributed by atoms with van der Waals surface area (Å²) in [5.41, 5.74) is 14.3. The maximum atomic E-state index is 11.4. The van der Waals surface area contributed by atoms with E-state index in [1.165, 1.54) is 4.57 Å². The number of aromatic nitrogens is 2. The minimum atomic E-state index is -0.516. The molecule has 0 saturated carbocycles. The van der Waals surface area contributed by atoms with Crippen molar-refractivity contribution in [1.82, 2.24) is 9.55 Å². The van der Waals surface area contributed by atoms with E-state index >= 15 is 0 Å². The number of piperidine rings is 1. The van der Waals surface area contributed by atoms with Crippen LogP contribution in [0.15, 0.2) is 18.5 Å². The van der Waals surface area contributed by atoms with Gasteiger partial charge in [-0.05, 0) is 31.4 Å². The SMILES string of the molecule is Cc1cnc2c(ccn2C(N)=O)c1N1CCC[C@@H](N)C1. The Hall–Kier alpha value is -2.08. The first kappa shape index (κ1) is 12.9. The van der Waals surface area contributed by atoms with E-state index in [9.17, 15) is 4.79 Å². The molecule has 0 bridgehead atoms. The van der Waals surface area contributed by atoms with Gasteiger partial charge >= 0.3 is 6.03 Å². The van der Waals surface area contributed by atoms with Crippen molar-refractivity contribution in [2.45, 2.75) is 25.8 Å².